The van der Waals surface area contributed by atoms with Gasteiger partial charge in [0.2, 0.25) is 0 Å². The molecule has 0 aliphatic rings. The van der Waals surface area contributed by atoms with Gasteiger partial charge in [0.1, 0.15) is 0 Å². The van der Waals surface area contributed by atoms with Crippen LogP contribution in [-0.4, -0.2) is 0 Å². The highest BCUT2D eigenvalue weighted by Crippen LogP contribution is 2.38. The van der Waals surface area contributed by atoms with Crippen LogP contribution in [0.2, 0.25) is 0 Å². The summed E-state index contributed by atoms with van der Waals surface area (Å²) in [5, 5.41) is -0.183. The standard InChI is InChI=1S/C13H8Br3Cl/c14-8-5-6-12(16)10(7-8)13(17)9-3-1-2-4-11(9)15/h1-7,13H. The smallest absolute Gasteiger partial charge is 0.0857 e. The van der Waals surface area contributed by atoms with Gasteiger partial charge < -0.3 is 0 Å². The first-order valence-corrected chi connectivity index (χ1v) is 7.74. The SMILES string of the molecule is ClC(c1ccccc1Br)c1cc(Br)ccc1Br. The van der Waals surface area contributed by atoms with Crippen LogP contribution < -0.4 is 0 Å². The fourth-order valence-electron chi connectivity index (χ4n) is 1.56. The zero-order valence-corrected chi connectivity index (χ0v) is 14.1. The van der Waals surface area contributed by atoms with E-state index in [1.807, 2.05) is 42.5 Å². The Bertz CT molecular complexity index is 540. The number of alkyl halides is 1. The first-order valence-electron chi connectivity index (χ1n) is 4.93. The number of hydrogen-bond acceptors (Lipinski definition) is 0. The Kier molecular flexibility index (Phi) is 4.70. The Morgan fingerprint density at radius 1 is 0.824 bits per heavy atom. The molecule has 4 heteroatoms. The first-order chi connectivity index (χ1) is 8.09. The number of halogens is 4. The fraction of sp³-hybridized carbons (Fsp3) is 0.0769. The van der Waals surface area contributed by atoms with E-state index in [1.54, 1.807) is 0 Å². The molecule has 17 heavy (non-hydrogen) atoms. The van der Waals surface area contributed by atoms with Gasteiger partial charge in [0.05, 0.1) is 5.38 Å². The minimum absolute atomic E-state index is 0.183. The molecule has 2 aromatic rings. The molecule has 2 aromatic carbocycles. The van der Waals surface area contributed by atoms with Crippen molar-refractivity contribution in [3.63, 3.8) is 0 Å². The summed E-state index contributed by atoms with van der Waals surface area (Å²) in [6.07, 6.45) is 0. The molecule has 0 aliphatic heterocycles. The van der Waals surface area contributed by atoms with Crippen molar-refractivity contribution in [1.29, 1.82) is 0 Å². The molecule has 0 aliphatic carbocycles. The molecule has 0 heterocycles. The van der Waals surface area contributed by atoms with Gasteiger partial charge in [0.25, 0.3) is 0 Å². The van der Waals surface area contributed by atoms with Crippen molar-refractivity contribution in [3.05, 3.63) is 67.0 Å². The van der Waals surface area contributed by atoms with Crippen LogP contribution in [0.5, 0.6) is 0 Å². The van der Waals surface area contributed by atoms with Gasteiger partial charge in [-0.15, -0.1) is 11.6 Å². The summed E-state index contributed by atoms with van der Waals surface area (Å²) in [4.78, 5) is 0. The summed E-state index contributed by atoms with van der Waals surface area (Å²) in [6, 6.07) is 14.0. The highest BCUT2D eigenvalue weighted by molar-refractivity contribution is 9.11. The predicted molar refractivity (Wildman–Crippen MR) is 83.7 cm³/mol. The molecular weight excluding hydrogens is 431 g/mol. The maximum absolute atomic E-state index is 6.53. The van der Waals surface area contributed by atoms with Crippen molar-refractivity contribution in [2.75, 3.05) is 0 Å². The number of benzene rings is 2. The lowest BCUT2D eigenvalue weighted by Gasteiger charge is -2.14. The van der Waals surface area contributed by atoms with Gasteiger partial charge in [0, 0.05) is 13.4 Å². The van der Waals surface area contributed by atoms with Crippen molar-refractivity contribution in [3.8, 4) is 0 Å². The van der Waals surface area contributed by atoms with Crippen LogP contribution in [0, 0.1) is 0 Å². The van der Waals surface area contributed by atoms with Crippen molar-refractivity contribution in [2.45, 2.75) is 5.38 Å². The molecule has 0 bridgehead atoms. The van der Waals surface area contributed by atoms with E-state index < -0.39 is 0 Å². The average molecular weight is 439 g/mol. The Labute approximate surface area is 131 Å². The third kappa shape index (κ3) is 3.14. The van der Waals surface area contributed by atoms with Gasteiger partial charge in [-0.05, 0) is 35.4 Å². The van der Waals surface area contributed by atoms with Crippen LogP contribution in [0.4, 0.5) is 0 Å². The van der Waals surface area contributed by atoms with Crippen LogP contribution in [0.1, 0.15) is 16.5 Å². The van der Waals surface area contributed by atoms with Crippen LogP contribution >= 0.6 is 59.4 Å². The molecule has 0 amide bonds. The van der Waals surface area contributed by atoms with Gasteiger partial charge in [-0.2, -0.15) is 0 Å². The van der Waals surface area contributed by atoms with E-state index in [4.69, 9.17) is 11.6 Å². The second kappa shape index (κ2) is 5.87. The van der Waals surface area contributed by atoms with Gasteiger partial charge in [-0.25, -0.2) is 0 Å². The molecular formula is C13H8Br3Cl. The summed E-state index contributed by atoms with van der Waals surface area (Å²) >= 11 is 17.1. The molecule has 1 unspecified atom stereocenters. The minimum Gasteiger partial charge on any atom is -0.113 e. The summed E-state index contributed by atoms with van der Waals surface area (Å²) in [5.41, 5.74) is 2.11. The summed E-state index contributed by atoms with van der Waals surface area (Å²) in [6.45, 7) is 0. The Balaban J connectivity index is 2.47. The second-order valence-corrected chi connectivity index (χ2v) is 6.61. The monoisotopic (exact) mass is 436 g/mol. The fourth-order valence-corrected chi connectivity index (χ4v) is 3.56. The molecule has 88 valence electrons. The van der Waals surface area contributed by atoms with Gasteiger partial charge in [-0.1, -0.05) is 66.0 Å². The van der Waals surface area contributed by atoms with Crippen LogP contribution in [-0.2, 0) is 0 Å². The van der Waals surface area contributed by atoms with Crippen LogP contribution in [0.25, 0.3) is 0 Å². The molecule has 0 fully saturated rings. The zero-order chi connectivity index (χ0) is 12.4. The molecule has 0 radical (unpaired) electrons. The summed E-state index contributed by atoms with van der Waals surface area (Å²) in [7, 11) is 0. The minimum atomic E-state index is -0.183. The lowest BCUT2D eigenvalue weighted by molar-refractivity contribution is 1.11. The van der Waals surface area contributed by atoms with Crippen molar-refractivity contribution < 1.29 is 0 Å². The van der Waals surface area contributed by atoms with E-state index >= 15 is 0 Å². The molecule has 0 aromatic heterocycles. The Morgan fingerprint density at radius 2 is 1.47 bits per heavy atom. The van der Waals surface area contributed by atoms with Crippen molar-refractivity contribution in [2.24, 2.45) is 0 Å². The highest BCUT2D eigenvalue weighted by atomic mass is 79.9. The van der Waals surface area contributed by atoms with E-state index in [1.165, 1.54) is 0 Å². The number of hydrogen-bond donors (Lipinski definition) is 0. The van der Waals surface area contributed by atoms with E-state index in [-0.39, 0.29) is 5.38 Å². The Morgan fingerprint density at radius 3 is 2.18 bits per heavy atom. The van der Waals surface area contributed by atoms with Gasteiger partial charge >= 0.3 is 0 Å². The molecule has 0 saturated carbocycles. The molecule has 0 spiro atoms. The number of rotatable bonds is 2. The zero-order valence-electron chi connectivity index (χ0n) is 8.63. The lowest BCUT2D eigenvalue weighted by atomic mass is 10.0. The highest BCUT2D eigenvalue weighted by Gasteiger charge is 2.16. The van der Waals surface area contributed by atoms with E-state index in [9.17, 15) is 0 Å². The van der Waals surface area contributed by atoms with Crippen LogP contribution in [0.3, 0.4) is 0 Å². The van der Waals surface area contributed by atoms with Gasteiger partial charge in [-0.3, -0.25) is 0 Å². The van der Waals surface area contributed by atoms with E-state index in [0.29, 0.717) is 0 Å². The molecule has 1 atom stereocenters. The maximum Gasteiger partial charge on any atom is 0.0857 e. The van der Waals surface area contributed by atoms with E-state index in [0.717, 1.165) is 24.5 Å². The predicted octanol–water partition coefficient (Wildman–Crippen LogP) is 6.30. The third-order valence-corrected chi connectivity index (χ3v) is 4.82. The first kappa shape index (κ1) is 13.6. The summed E-state index contributed by atoms with van der Waals surface area (Å²) in [5.74, 6) is 0. The maximum atomic E-state index is 6.53. The molecule has 0 saturated heterocycles. The van der Waals surface area contributed by atoms with E-state index in [2.05, 4.69) is 47.8 Å². The normalized spacial score (nSPS) is 12.5. The molecule has 0 nitrogen and oxygen atoms in total. The molecule has 2 rings (SSSR count). The quantitative estimate of drug-likeness (QED) is 0.482. The molecule has 0 N–H and O–H groups in total. The Hall–Kier alpha value is 0.170. The summed E-state index contributed by atoms with van der Waals surface area (Å²) < 4.78 is 3.05. The third-order valence-electron chi connectivity index (χ3n) is 2.41. The van der Waals surface area contributed by atoms with Crippen molar-refractivity contribution in [1.82, 2.24) is 0 Å². The average Bonchev–Trinajstić information content (AvgIpc) is 2.32. The van der Waals surface area contributed by atoms with Crippen molar-refractivity contribution >= 4 is 59.4 Å². The van der Waals surface area contributed by atoms with Crippen LogP contribution in [0.15, 0.2) is 55.9 Å². The second-order valence-electron chi connectivity index (χ2n) is 3.55. The topological polar surface area (TPSA) is 0 Å². The van der Waals surface area contributed by atoms with Gasteiger partial charge in [0.15, 0.2) is 0 Å². The lowest BCUT2D eigenvalue weighted by Crippen LogP contribution is -1.95. The largest absolute Gasteiger partial charge is 0.113 e.